The van der Waals surface area contributed by atoms with Gasteiger partial charge in [-0.25, -0.2) is 0 Å². The van der Waals surface area contributed by atoms with E-state index in [1.165, 1.54) is 0 Å². The molecule has 2 unspecified atom stereocenters. The van der Waals surface area contributed by atoms with Crippen molar-refractivity contribution >= 4 is 73.4 Å². The van der Waals surface area contributed by atoms with Crippen LogP contribution >= 0.6 is 0 Å². The van der Waals surface area contributed by atoms with Gasteiger partial charge in [0.2, 0.25) is 4.75 Å². The Morgan fingerprint density at radius 1 is 0.852 bits per heavy atom. The minimum atomic E-state index is -5.18. The van der Waals surface area contributed by atoms with Crippen molar-refractivity contribution in [3.05, 3.63) is 0 Å². The third-order valence-corrected chi connectivity index (χ3v) is 6.78. The first-order valence-corrected chi connectivity index (χ1v) is 10.9. The van der Waals surface area contributed by atoms with Crippen LogP contribution in [0.5, 0.6) is 0 Å². The Balaban J connectivity index is 0. The predicted octanol–water partition coefficient (Wildman–Crippen LogP) is 3.18. The molecule has 0 bridgehead atoms. The van der Waals surface area contributed by atoms with E-state index in [4.69, 9.17) is 0 Å². The fraction of sp³-hybridized carbons (Fsp3) is 0.889. The summed E-state index contributed by atoms with van der Waals surface area (Å²) >= 11 is 0. The Hall–Kier alpha value is 0.486. The molecule has 7 nitrogen and oxygen atoms in total. The van der Waals surface area contributed by atoms with Gasteiger partial charge in [0.1, 0.15) is 0 Å². The van der Waals surface area contributed by atoms with Crippen LogP contribution in [0.25, 0.3) is 0 Å². The van der Waals surface area contributed by atoms with Gasteiger partial charge in [0.05, 0.1) is 5.92 Å². The molecule has 0 aliphatic heterocycles. The molecule has 2 atom stereocenters. The van der Waals surface area contributed by atoms with Crippen molar-refractivity contribution in [1.29, 1.82) is 0 Å². The van der Waals surface area contributed by atoms with E-state index in [2.05, 4.69) is 0 Å². The average Bonchev–Trinajstić information content (AvgIpc) is 2.50. The van der Waals surface area contributed by atoms with E-state index in [1.807, 2.05) is 13.8 Å². The van der Waals surface area contributed by atoms with Gasteiger partial charge in [-0.2, -0.15) is 8.42 Å². The van der Waals surface area contributed by atoms with Crippen LogP contribution in [0.4, 0.5) is 0 Å². The number of hydrogen-bond donors (Lipinski definition) is 3. The molecular formula is C18H35KO7S. The first kappa shape index (κ1) is 29.7. The summed E-state index contributed by atoms with van der Waals surface area (Å²) in [5.41, 5.74) is 0. The summed E-state index contributed by atoms with van der Waals surface area (Å²) in [6.07, 6.45) is 3.40. The molecule has 0 amide bonds. The zero-order valence-electron chi connectivity index (χ0n) is 16.3. The van der Waals surface area contributed by atoms with Crippen LogP contribution in [-0.4, -0.2) is 91.3 Å². The maximum atomic E-state index is 12.5. The number of carboxylic acid groups (broad SMARTS) is 2. The summed E-state index contributed by atoms with van der Waals surface area (Å²) in [7, 11) is -5.18. The summed E-state index contributed by atoms with van der Waals surface area (Å²) in [5.74, 6) is -6.55. The van der Waals surface area contributed by atoms with E-state index in [-0.39, 0.29) is 64.2 Å². The monoisotopic (exact) mass is 434 g/mol. The average molecular weight is 435 g/mol. The SMILES string of the molecule is CCCC(CCC)C(C(=O)O)C(C(=O)O)(C(CCC)CCC)S(=O)(=O)O.[KH]. The van der Waals surface area contributed by atoms with Crippen molar-refractivity contribution in [3.8, 4) is 0 Å². The van der Waals surface area contributed by atoms with Crippen LogP contribution in [0.1, 0.15) is 79.1 Å². The number of hydrogen-bond acceptors (Lipinski definition) is 4. The molecule has 0 aliphatic carbocycles. The van der Waals surface area contributed by atoms with Crippen molar-refractivity contribution < 1.29 is 32.8 Å². The Labute approximate surface area is 205 Å². The van der Waals surface area contributed by atoms with Gasteiger partial charge in [-0.05, 0) is 37.5 Å². The third kappa shape index (κ3) is 7.04. The Morgan fingerprint density at radius 2 is 1.22 bits per heavy atom. The van der Waals surface area contributed by atoms with E-state index in [1.54, 1.807) is 13.8 Å². The summed E-state index contributed by atoms with van der Waals surface area (Å²) in [5, 5.41) is 19.9. The van der Waals surface area contributed by atoms with Gasteiger partial charge < -0.3 is 10.2 Å². The van der Waals surface area contributed by atoms with E-state index >= 15 is 0 Å². The summed E-state index contributed by atoms with van der Waals surface area (Å²) in [4.78, 5) is 24.5. The van der Waals surface area contributed by atoms with Crippen molar-refractivity contribution in [1.82, 2.24) is 0 Å². The van der Waals surface area contributed by atoms with Gasteiger partial charge >= 0.3 is 63.3 Å². The molecule has 0 rings (SSSR count). The standard InChI is InChI=1S/C18H34O7S.K.H/c1-5-9-13(10-6-2)15(16(19)20)18(17(21)22,26(23,24)25)14(11-7-3)12-8-4;;/h13-15H,5-12H2,1-4H3,(H,19,20)(H,21,22)(H,23,24,25);;. The molecule has 0 heterocycles. The van der Waals surface area contributed by atoms with E-state index in [0.717, 1.165) is 0 Å². The molecule has 0 fully saturated rings. The molecular weight excluding hydrogens is 399 g/mol. The van der Waals surface area contributed by atoms with Crippen LogP contribution in [0.2, 0.25) is 0 Å². The normalized spacial score (nSPS) is 15.2. The maximum absolute atomic E-state index is 12.5. The fourth-order valence-corrected chi connectivity index (χ4v) is 5.76. The van der Waals surface area contributed by atoms with Crippen LogP contribution in [0.15, 0.2) is 0 Å². The van der Waals surface area contributed by atoms with Crippen LogP contribution in [-0.2, 0) is 19.7 Å². The molecule has 9 heteroatoms. The van der Waals surface area contributed by atoms with Gasteiger partial charge in [-0.3, -0.25) is 14.1 Å². The van der Waals surface area contributed by atoms with E-state index in [0.29, 0.717) is 38.5 Å². The van der Waals surface area contributed by atoms with Crippen LogP contribution in [0.3, 0.4) is 0 Å². The first-order valence-electron chi connectivity index (χ1n) is 9.49. The second-order valence-corrected chi connectivity index (χ2v) is 8.63. The molecule has 0 aliphatic rings. The van der Waals surface area contributed by atoms with Gasteiger partial charge in [0, 0.05) is 0 Å². The van der Waals surface area contributed by atoms with E-state index < -0.39 is 44.6 Å². The molecule has 0 aromatic heterocycles. The summed E-state index contributed by atoms with van der Waals surface area (Å²) in [6.45, 7) is 7.25. The van der Waals surface area contributed by atoms with Gasteiger partial charge in [-0.1, -0.05) is 53.4 Å². The molecule has 0 spiro atoms. The van der Waals surface area contributed by atoms with Crippen molar-refractivity contribution in [2.75, 3.05) is 0 Å². The molecule has 0 aromatic rings. The molecule has 0 radical (unpaired) electrons. The number of aliphatic carboxylic acids is 2. The quantitative estimate of drug-likeness (QED) is 0.283. The fourth-order valence-electron chi connectivity index (χ4n) is 4.27. The molecule has 0 aromatic carbocycles. The second kappa shape index (κ2) is 13.7. The Morgan fingerprint density at radius 3 is 1.44 bits per heavy atom. The third-order valence-electron chi connectivity index (χ3n) is 5.16. The van der Waals surface area contributed by atoms with Crippen molar-refractivity contribution in [2.45, 2.75) is 83.8 Å². The van der Waals surface area contributed by atoms with Gasteiger partial charge in [0.15, 0.2) is 0 Å². The topological polar surface area (TPSA) is 129 Å². The first-order chi connectivity index (χ1) is 12.1. The zero-order valence-corrected chi connectivity index (χ0v) is 17.1. The van der Waals surface area contributed by atoms with Crippen LogP contribution < -0.4 is 0 Å². The number of rotatable bonds is 14. The molecule has 0 saturated heterocycles. The molecule has 3 N–H and O–H groups in total. The number of carbonyl (C=O) groups is 2. The predicted molar refractivity (Wildman–Crippen MR) is 107 cm³/mol. The van der Waals surface area contributed by atoms with E-state index in [9.17, 15) is 32.8 Å². The minimum absolute atomic E-state index is 0. The molecule has 27 heavy (non-hydrogen) atoms. The number of carboxylic acids is 2. The Kier molecular flexibility index (Phi) is 15.0. The zero-order chi connectivity index (χ0) is 20.5. The molecule has 0 saturated carbocycles. The van der Waals surface area contributed by atoms with Gasteiger partial charge in [0.25, 0.3) is 10.1 Å². The van der Waals surface area contributed by atoms with Gasteiger partial charge in [-0.15, -0.1) is 0 Å². The Bertz CT molecular complexity index is 552. The van der Waals surface area contributed by atoms with Crippen molar-refractivity contribution in [2.24, 2.45) is 17.8 Å². The van der Waals surface area contributed by atoms with Crippen LogP contribution in [0, 0.1) is 17.8 Å². The summed E-state index contributed by atoms with van der Waals surface area (Å²) in [6, 6.07) is 0. The van der Waals surface area contributed by atoms with Crippen molar-refractivity contribution in [3.63, 3.8) is 0 Å². The molecule has 156 valence electrons. The summed E-state index contributed by atoms with van der Waals surface area (Å²) < 4.78 is 32.2. The second-order valence-electron chi connectivity index (χ2n) is 7.00.